The fraction of sp³-hybridized carbons (Fsp3) is 0.500. The maximum atomic E-state index is 11.3. The minimum Gasteiger partial charge on any atom is -0.387 e. The Morgan fingerprint density at radius 3 is 2.18 bits per heavy atom. The molecule has 2 N–H and O–H groups in total. The van der Waals surface area contributed by atoms with Crippen molar-refractivity contribution in [3.05, 3.63) is 29.8 Å². The van der Waals surface area contributed by atoms with Crippen molar-refractivity contribution < 1.29 is 13.5 Å². The lowest BCUT2D eigenvalue weighted by molar-refractivity contribution is 0.171. The van der Waals surface area contributed by atoms with Gasteiger partial charge in [-0.3, -0.25) is 0 Å². The average Bonchev–Trinajstić information content (AvgIpc) is 2.25. The zero-order valence-corrected chi connectivity index (χ0v) is 11.2. The third-order valence-electron chi connectivity index (χ3n) is 2.41. The maximum Gasteiger partial charge on any atom is 0.175 e. The number of nitrogens with one attached hydrogen (secondary N) is 1. The summed E-state index contributed by atoms with van der Waals surface area (Å²) in [5.74, 6) is 0. The third kappa shape index (κ3) is 4.46. The number of hydrogen-bond donors (Lipinski definition) is 2. The molecule has 1 atom stereocenters. The SMILES string of the molecule is CC(C)NCC(O)c1ccc(S(C)(=O)=O)cc1. The van der Waals surface area contributed by atoms with Crippen LogP contribution in [-0.2, 0) is 9.84 Å². The predicted octanol–water partition coefficient (Wildman–Crippen LogP) is 1.12. The molecule has 0 fully saturated rings. The fourth-order valence-electron chi connectivity index (χ4n) is 1.40. The quantitative estimate of drug-likeness (QED) is 0.829. The van der Waals surface area contributed by atoms with Gasteiger partial charge in [-0.25, -0.2) is 8.42 Å². The summed E-state index contributed by atoms with van der Waals surface area (Å²) in [6.45, 7) is 4.45. The second-order valence-electron chi connectivity index (χ2n) is 4.42. The van der Waals surface area contributed by atoms with Gasteiger partial charge in [-0.1, -0.05) is 26.0 Å². The number of hydrogen-bond acceptors (Lipinski definition) is 4. The van der Waals surface area contributed by atoms with Crippen molar-refractivity contribution in [2.45, 2.75) is 30.9 Å². The van der Waals surface area contributed by atoms with Crippen molar-refractivity contribution in [2.24, 2.45) is 0 Å². The van der Waals surface area contributed by atoms with Gasteiger partial charge in [-0.15, -0.1) is 0 Å². The molecule has 0 heterocycles. The molecular weight excluding hydrogens is 238 g/mol. The van der Waals surface area contributed by atoms with Gasteiger partial charge in [0.2, 0.25) is 0 Å². The molecule has 0 aliphatic heterocycles. The molecule has 0 saturated heterocycles. The van der Waals surface area contributed by atoms with Crippen LogP contribution in [0.2, 0.25) is 0 Å². The van der Waals surface area contributed by atoms with Crippen LogP contribution in [0.25, 0.3) is 0 Å². The summed E-state index contributed by atoms with van der Waals surface area (Å²) in [7, 11) is -3.17. The topological polar surface area (TPSA) is 66.4 Å². The number of benzene rings is 1. The molecule has 0 aliphatic rings. The predicted molar refractivity (Wildman–Crippen MR) is 67.7 cm³/mol. The molecule has 0 radical (unpaired) electrons. The van der Waals surface area contributed by atoms with Gasteiger partial charge < -0.3 is 10.4 Å². The van der Waals surface area contributed by atoms with E-state index in [1.807, 2.05) is 13.8 Å². The molecule has 4 nitrogen and oxygen atoms in total. The molecule has 96 valence electrons. The van der Waals surface area contributed by atoms with E-state index in [2.05, 4.69) is 5.32 Å². The average molecular weight is 257 g/mol. The highest BCUT2D eigenvalue weighted by Crippen LogP contribution is 2.16. The molecule has 0 amide bonds. The zero-order valence-electron chi connectivity index (χ0n) is 10.3. The molecular formula is C12H19NO3S. The van der Waals surface area contributed by atoms with Crippen LogP contribution in [0.1, 0.15) is 25.5 Å². The van der Waals surface area contributed by atoms with Gasteiger partial charge in [0.1, 0.15) is 0 Å². The molecule has 1 aromatic rings. The number of rotatable bonds is 5. The lowest BCUT2D eigenvalue weighted by Crippen LogP contribution is -2.27. The minimum absolute atomic E-state index is 0.269. The largest absolute Gasteiger partial charge is 0.387 e. The first-order chi connectivity index (χ1) is 7.80. The highest BCUT2D eigenvalue weighted by Gasteiger charge is 2.10. The fourth-order valence-corrected chi connectivity index (χ4v) is 2.03. The highest BCUT2D eigenvalue weighted by atomic mass is 32.2. The Balaban J connectivity index is 2.74. The van der Waals surface area contributed by atoms with Gasteiger partial charge in [0.25, 0.3) is 0 Å². The maximum absolute atomic E-state index is 11.3. The summed E-state index contributed by atoms with van der Waals surface area (Å²) in [5.41, 5.74) is 0.713. The van der Waals surface area contributed by atoms with Crippen molar-refractivity contribution >= 4 is 9.84 Å². The molecule has 0 aromatic heterocycles. The van der Waals surface area contributed by atoms with E-state index in [4.69, 9.17) is 0 Å². The van der Waals surface area contributed by atoms with E-state index in [1.54, 1.807) is 12.1 Å². The normalized spacial score (nSPS) is 13.9. The smallest absolute Gasteiger partial charge is 0.175 e. The number of aliphatic hydroxyl groups is 1. The molecule has 5 heteroatoms. The van der Waals surface area contributed by atoms with E-state index in [9.17, 15) is 13.5 Å². The summed E-state index contributed by atoms with van der Waals surface area (Å²) in [6.07, 6.45) is 0.546. The van der Waals surface area contributed by atoms with Crippen molar-refractivity contribution in [1.29, 1.82) is 0 Å². The van der Waals surface area contributed by atoms with Gasteiger partial charge in [0.15, 0.2) is 9.84 Å². The van der Waals surface area contributed by atoms with E-state index in [0.717, 1.165) is 0 Å². The van der Waals surface area contributed by atoms with Crippen molar-refractivity contribution in [3.63, 3.8) is 0 Å². The van der Waals surface area contributed by atoms with Crippen LogP contribution in [0, 0.1) is 0 Å². The molecule has 0 saturated carbocycles. The van der Waals surface area contributed by atoms with Gasteiger partial charge in [-0.2, -0.15) is 0 Å². The first-order valence-corrected chi connectivity index (χ1v) is 7.41. The Hall–Kier alpha value is -0.910. The van der Waals surface area contributed by atoms with E-state index in [-0.39, 0.29) is 4.90 Å². The lowest BCUT2D eigenvalue weighted by Gasteiger charge is -2.14. The van der Waals surface area contributed by atoms with Crippen molar-refractivity contribution in [2.75, 3.05) is 12.8 Å². The monoisotopic (exact) mass is 257 g/mol. The Bertz CT molecular complexity index is 451. The Morgan fingerprint density at radius 2 is 1.76 bits per heavy atom. The second kappa shape index (κ2) is 5.62. The molecule has 1 unspecified atom stereocenters. The second-order valence-corrected chi connectivity index (χ2v) is 6.44. The van der Waals surface area contributed by atoms with E-state index in [1.165, 1.54) is 18.4 Å². The van der Waals surface area contributed by atoms with Gasteiger partial charge in [0, 0.05) is 18.8 Å². The van der Waals surface area contributed by atoms with E-state index < -0.39 is 15.9 Å². The molecule has 0 spiro atoms. The third-order valence-corrected chi connectivity index (χ3v) is 3.54. The van der Waals surface area contributed by atoms with E-state index >= 15 is 0 Å². The first kappa shape index (κ1) is 14.2. The van der Waals surface area contributed by atoms with Gasteiger partial charge in [0.05, 0.1) is 11.0 Å². The number of sulfone groups is 1. The Kier molecular flexibility index (Phi) is 4.68. The van der Waals surface area contributed by atoms with Crippen LogP contribution in [0.3, 0.4) is 0 Å². The minimum atomic E-state index is -3.17. The summed E-state index contributed by atoms with van der Waals surface area (Å²) >= 11 is 0. The number of aliphatic hydroxyl groups excluding tert-OH is 1. The van der Waals surface area contributed by atoms with Gasteiger partial charge in [-0.05, 0) is 17.7 Å². The summed E-state index contributed by atoms with van der Waals surface area (Å²) in [4.78, 5) is 0.269. The first-order valence-electron chi connectivity index (χ1n) is 5.52. The standard InChI is InChI=1S/C12H19NO3S/c1-9(2)13-8-12(14)10-4-6-11(7-5-10)17(3,15)16/h4-7,9,12-14H,8H2,1-3H3. The molecule has 1 aromatic carbocycles. The summed E-state index contributed by atoms with van der Waals surface area (Å²) < 4.78 is 22.5. The van der Waals surface area contributed by atoms with Crippen molar-refractivity contribution in [1.82, 2.24) is 5.32 Å². The van der Waals surface area contributed by atoms with Crippen LogP contribution in [0.15, 0.2) is 29.2 Å². The molecule has 0 bridgehead atoms. The lowest BCUT2D eigenvalue weighted by atomic mass is 10.1. The van der Waals surface area contributed by atoms with Gasteiger partial charge >= 0.3 is 0 Å². The van der Waals surface area contributed by atoms with Crippen molar-refractivity contribution in [3.8, 4) is 0 Å². The van der Waals surface area contributed by atoms with Crippen LogP contribution in [0.5, 0.6) is 0 Å². The highest BCUT2D eigenvalue weighted by molar-refractivity contribution is 7.90. The Labute approximate surface area is 103 Å². The molecule has 0 aliphatic carbocycles. The van der Waals surface area contributed by atoms with Crippen LogP contribution >= 0.6 is 0 Å². The van der Waals surface area contributed by atoms with E-state index in [0.29, 0.717) is 18.2 Å². The van der Waals surface area contributed by atoms with Crippen LogP contribution in [0.4, 0.5) is 0 Å². The summed E-state index contributed by atoms with van der Waals surface area (Å²) in [6, 6.07) is 6.62. The van der Waals surface area contributed by atoms with Crippen LogP contribution in [-0.4, -0.2) is 32.4 Å². The summed E-state index contributed by atoms with van der Waals surface area (Å²) in [5, 5.41) is 13.0. The molecule has 1 rings (SSSR count). The molecule has 17 heavy (non-hydrogen) atoms. The Morgan fingerprint density at radius 1 is 1.24 bits per heavy atom. The van der Waals surface area contributed by atoms with Crippen LogP contribution < -0.4 is 5.32 Å². The zero-order chi connectivity index (χ0) is 13.1.